The minimum Gasteiger partial charge on any atom is -0.306 e. The third-order valence-electron chi connectivity index (χ3n) is 3.65. The molecule has 106 valence electrons. The fourth-order valence-electron chi connectivity index (χ4n) is 2.65. The second-order valence-electron chi connectivity index (χ2n) is 5.21. The summed E-state index contributed by atoms with van der Waals surface area (Å²) in [5.74, 6) is -0.149. The van der Waals surface area contributed by atoms with E-state index in [1.165, 1.54) is 22.8 Å². The second kappa shape index (κ2) is 6.67. The fourth-order valence-corrected chi connectivity index (χ4v) is 2.65. The van der Waals surface area contributed by atoms with Crippen LogP contribution in [0.25, 0.3) is 0 Å². The molecule has 0 aromatic heterocycles. The van der Waals surface area contributed by atoms with Crippen molar-refractivity contribution < 1.29 is 4.39 Å². The first-order valence-corrected chi connectivity index (χ1v) is 7.19. The first-order chi connectivity index (χ1) is 9.65. The maximum Gasteiger partial charge on any atom is 0.128 e. The van der Waals surface area contributed by atoms with E-state index in [0.29, 0.717) is 0 Å². The van der Waals surface area contributed by atoms with E-state index in [-0.39, 0.29) is 11.9 Å². The highest BCUT2D eigenvalue weighted by Gasteiger charge is 2.20. The molecule has 2 aromatic rings. The van der Waals surface area contributed by atoms with Gasteiger partial charge in [0.25, 0.3) is 0 Å². The van der Waals surface area contributed by atoms with Gasteiger partial charge in [-0.1, -0.05) is 43.3 Å². The Hall–Kier alpha value is -1.67. The topological polar surface area (TPSA) is 12.0 Å². The molecule has 0 amide bonds. The van der Waals surface area contributed by atoms with Crippen LogP contribution in [0, 0.1) is 19.7 Å². The van der Waals surface area contributed by atoms with Gasteiger partial charge in [-0.05, 0) is 49.6 Å². The molecule has 0 fully saturated rings. The molecule has 1 unspecified atom stereocenters. The van der Waals surface area contributed by atoms with Crippen molar-refractivity contribution in [2.45, 2.75) is 33.2 Å². The summed E-state index contributed by atoms with van der Waals surface area (Å²) in [6.07, 6.45) is 1.02. The molecule has 0 aliphatic rings. The normalized spacial score (nSPS) is 12.4. The predicted molar refractivity (Wildman–Crippen MR) is 82.5 cm³/mol. The van der Waals surface area contributed by atoms with Gasteiger partial charge in [-0.3, -0.25) is 0 Å². The van der Waals surface area contributed by atoms with Crippen molar-refractivity contribution in [2.75, 3.05) is 6.54 Å². The van der Waals surface area contributed by atoms with Crippen LogP contribution in [0.5, 0.6) is 0 Å². The summed E-state index contributed by atoms with van der Waals surface area (Å²) in [5, 5.41) is 3.48. The molecule has 0 spiro atoms. The van der Waals surface area contributed by atoms with Crippen molar-refractivity contribution in [1.82, 2.24) is 5.32 Å². The number of rotatable bonds is 5. The van der Waals surface area contributed by atoms with Crippen LogP contribution in [-0.4, -0.2) is 6.54 Å². The van der Waals surface area contributed by atoms with E-state index in [0.717, 1.165) is 18.5 Å². The Labute approximate surface area is 120 Å². The fraction of sp³-hybridized carbons (Fsp3) is 0.333. The molecule has 0 heterocycles. The molecule has 1 N–H and O–H groups in total. The van der Waals surface area contributed by atoms with Crippen molar-refractivity contribution in [3.63, 3.8) is 0 Å². The standard InChI is InChI=1S/C18H22FN/c1-4-12-20-18(15-10-5-6-11-16(15)19)17-13(2)8-7-9-14(17)3/h5-11,18,20H,4,12H2,1-3H3. The lowest BCUT2D eigenvalue weighted by molar-refractivity contribution is 0.544. The third kappa shape index (κ3) is 3.07. The van der Waals surface area contributed by atoms with Gasteiger partial charge in [0.2, 0.25) is 0 Å². The summed E-state index contributed by atoms with van der Waals surface area (Å²) in [6, 6.07) is 13.2. The first-order valence-electron chi connectivity index (χ1n) is 7.19. The summed E-state index contributed by atoms with van der Waals surface area (Å²) in [4.78, 5) is 0. The SMILES string of the molecule is CCCNC(c1ccccc1F)c1c(C)cccc1C. The molecule has 1 atom stereocenters. The van der Waals surface area contributed by atoms with Gasteiger partial charge in [-0.2, -0.15) is 0 Å². The number of aryl methyl sites for hydroxylation is 2. The van der Waals surface area contributed by atoms with Crippen LogP contribution in [0.15, 0.2) is 42.5 Å². The van der Waals surface area contributed by atoms with E-state index < -0.39 is 0 Å². The highest BCUT2D eigenvalue weighted by atomic mass is 19.1. The zero-order chi connectivity index (χ0) is 14.5. The van der Waals surface area contributed by atoms with Gasteiger partial charge in [0.15, 0.2) is 0 Å². The van der Waals surface area contributed by atoms with Gasteiger partial charge >= 0.3 is 0 Å². The zero-order valence-corrected chi connectivity index (χ0v) is 12.4. The van der Waals surface area contributed by atoms with E-state index in [4.69, 9.17) is 0 Å². The van der Waals surface area contributed by atoms with Gasteiger partial charge in [0.05, 0.1) is 6.04 Å². The van der Waals surface area contributed by atoms with Gasteiger partial charge in [0, 0.05) is 5.56 Å². The van der Waals surface area contributed by atoms with E-state index in [1.54, 1.807) is 6.07 Å². The molecule has 2 rings (SSSR count). The Balaban J connectivity index is 2.50. The average Bonchev–Trinajstić information content (AvgIpc) is 2.43. The van der Waals surface area contributed by atoms with Crippen molar-refractivity contribution in [2.24, 2.45) is 0 Å². The van der Waals surface area contributed by atoms with E-state index in [1.807, 2.05) is 18.2 Å². The van der Waals surface area contributed by atoms with Gasteiger partial charge in [-0.25, -0.2) is 4.39 Å². The Morgan fingerprint density at radius 1 is 1.00 bits per heavy atom. The smallest absolute Gasteiger partial charge is 0.128 e. The van der Waals surface area contributed by atoms with Gasteiger partial charge < -0.3 is 5.32 Å². The highest BCUT2D eigenvalue weighted by Crippen LogP contribution is 2.29. The maximum atomic E-state index is 14.2. The lowest BCUT2D eigenvalue weighted by atomic mass is 9.91. The lowest BCUT2D eigenvalue weighted by Crippen LogP contribution is -2.25. The van der Waals surface area contributed by atoms with E-state index in [9.17, 15) is 4.39 Å². The zero-order valence-electron chi connectivity index (χ0n) is 12.4. The largest absolute Gasteiger partial charge is 0.306 e. The molecule has 2 heteroatoms. The van der Waals surface area contributed by atoms with Crippen LogP contribution >= 0.6 is 0 Å². The maximum absolute atomic E-state index is 14.2. The van der Waals surface area contributed by atoms with Crippen LogP contribution in [0.1, 0.15) is 41.6 Å². The highest BCUT2D eigenvalue weighted by molar-refractivity contribution is 5.42. The Morgan fingerprint density at radius 2 is 1.65 bits per heavy atom. The van der Waals surface area contributed by atoms with Crippen molar-refractivity contribution in [1.29, 1.82) is 0 Å². The minimum atomic E-state index is -0.149. The lowest BCUT2D eigenvalue weighted by Gasteiger charge is -2.24. The monoisotopic (exact) mass is 271 g/mol. The number of hydrogen-bond donors (Lipinski definition) is 1. The predicted octanol–water partition coefficient (Wildman–Crippen LogP) is 4.53. The average molecular weight is 271 g/mol. The van der Waals surface area contributed by atoms with E-state index in [2.05, 4.69) is 38.2 Å². The number of nitrogens with one attached hydrogen (secondary N) is 1. The Bertz CT molecular complexity index is 557. The minimum absolute atomic E-state index is 0.0858. The molecular formula is C18H22FN. The summed E-state index contributed by atoms with van der Waals surface area (Å²) in [7, 11) is 0. The van der Waals surface area contributed by atoms with Gasteiger partial charge in [-0.15, -0.1) is 0 Å². The molecule has 0 saturated heterocycles. The molecule has 0 saturated carbocycles. The first kappa shape index (κ1) is 14.7. The summed E-state index contributed by atoms with van der Waals surface area (Å²) in [5.41, 5.74) is 4.30. The summed E-state index contributed by atoms with van der Waals surface area (Å²) in [6.45, 7) is 7.16. The van der Waals surface area contributed by atoms with Gasteiger partial charge in [0.1, 0.15) is 5.82 Å². The number of benzene rings is 2. The van der Waals surface area contributed by atoms with E-state index >= 15 is 0 Å². The van der Waals surface area contributed by atoms with Crippen LogP contribution in [0.4, 0.5) is 4.39 Å². The second-order valence-corrected chi connectivity index (χ2v) is 5.21. The molecule has 1 nitrogen and oxygen atoms in total. The number of halogens is 1. The van der Waals surface area contributed by atoms with Crippen molar-refractivity contribution in [3.8, 4) is 0 Å². The molecule has 0 aliphatic carbocycles. The molecule has 0 bridgehead atoms. The Kier molecular flexibility index (Phi) is 4.91. The quantitative estimate of drug-likeness (QED) is 0.842. The van der Waals surface area contributed by atoms with Crippen molar-refractivity contribution >= 4 is 0 Å². The third-order valence-corrected chi connectivity index (χ3v) is 3.65. The molecule has 2 aromatic carbocycles. The Morgan fingerprint density at radius 3 is 2.25 bits per heavy atom. The number of hydrogen-bond acceptors (Lipinski definition) is 1. The van der Waals surface area contributed by atoms with Crippen LogP contribution < -0.4 is 5.32 Å². The van der Waals surface area contributed by atoms with Crippen molar-refractivity contribution in [3.05, 3.63) is 70.5 Å². The van der Waals surface area contributed by atoms with Crippen LogP contribution in [-0.2, 0) is 0 Å². The molecule has 0 radical (unpaired) electrons. The summed E-state index contributed by atoms with van der Waals surface area (Å²) < 4.78 is 14.2. The van der Waals surface area contributed by atoms with Crippen LogP contribution in [0.2, 0.25) is 0 Å². The van der Waals surface area contributed by atoms with Crippen LogP contribution in [0.3, 0.4) is 0 Å². The molecular weight excluding hydrogens is 249 g/mol. The molecule has 0 aliphatic heterocycles. The molecule has 20 heavy (non-hydrogen) atoms. The summed E-state index contributed by atoms with van der Waals surface area (Å²) >= 11 is 0.